The zero-order valence-corrected chi connectivity index (χ0v) is 33.9. The summed E-state index contributed by atoms with van der Waals surface area (Å²) in [5.74, 6) is -5.84. The SMILES string of the molecule is C=Cc1c2[nH]c(c1C)C(C(=O)[C@H](CCC(=O)O)NC(=O)[C@@H](N)CCC(=O)O)=c1[nH]c(c(C)c1C=C)=Cc1[nH]c(c(CCC(=O)O)c1C)C=c1[nH]c(c(C)c1CCC(=O)O)=C2. The smallest absolute Gasteiger partial charge is 0.303 e. The lowest BCUT2D eigenvalue weighted by atomic mass is 9.93. The number of rotatable bonds is 18. The van der Waals surface area contributed by atoms with E-state index in [2.05, 4.69) is 38.4 Å². The highest BCUT2D eigenvalue weighted by molar-refractivity contribution is 6.23. The van der Waals surface area contributed by atoms with Crippen LogP contribution in [0.3, 0.4) is 0 Å². The largest absolute Gasteiger partial charge is 0.481 e. The average molecular weight is 823 g/mol. The molecule has 11 N–H and O–H groups in total. The normalized spacial score (nSPS) is 13.0. The molecule has 5 heterocycles. The summed E-state index contributed by atoms with van der Waals surface area (Å²) in [5, 5.41) is 42.8. The van der Waals surface area contributed by atoms with Gasteiger partial charge >= 0.3 is 23.9 Å². The topological polar surface area (TPSA) is 285 Å². The summed E-state index contributed by atoms with van der Waals surface area (Å²) >= 11 is 0. The zero-order chi connectivity index (χ0) is 44.2. The van der Waals surface area contributed by atoms with Crippen LogP contribution in [0.2, 0.25) is 0 Å². The van der Waals surface area contributed by atoms with Crippen LogP contribution in [0.5, 0.6) is 0 Å². The molecule has 0 radical (unpaired) electrons. The first-order valence-corrected chi connectivity index (χ1v) is 19.4. The molecule has 316 valence electrons. The minimum absolute atomic E-state index is 0.0558. The Morgan fingerprint density at radius 2 is 1.18 bits per heavy atom. The molecule has 0 saturated carbocycles. The van der Waals surface area contributed by atoms with Crippen molar-refractivity contribution in [2.45, 2.75) is 91.1 Å². The van der Waals surface area contributed by atoms with E-state index in [1.807, 2.05) is 39.0 Å². The highest BCUT2D eigenvalue weighted by Gasteiger charge is 2.31. The maximum atomic E-state index is 15.2. The molecule has 2 atom stereocenters. The highest BCUT2D eigenvalue weighted by Crippen LogP contribution is 2.28. The van der Waals surface area contributed by atoms with Crippen molar-refractivity contribution in [2.75, 3.05) is 0 Å². The standard InChI is InChI=1S/C44H50N6O10/c1-7-24-23(6)41-40(43(59)29(12-16-39(57)58)50-44(60)28(45)11-15-38(55)56)42-25(8-2)20(3)32(48-42)17-30-21(4)26(9-13-36(51)52)34(46-30)19-35-27(10-14-37(53)54)22(5)31(47-35)18-33(24)49-41/h7-8,17-19,28-29,46-49H,1-2,9-16,45H2,3-6H3,(H,50,60)(H,51,52)(H,53,54)(H,55,56)(H,57,58)/t28-,29-/m0/s1. The number of carbonyl (C=O) groups excluding carboxylic acids is 2. The van der Waals surface area contributed by atoms with Gasteiger partial charge in [0, 0.05) is 69.9 Å². The number of hydrogen-bond donors (Lipinski definition) is 10. The molecular formula is C44H50N6O10. The van der Waals surface area contributed by atoms with Crippen LogP contribution in [0.25, 0.3) is 36.0 Å². The molecule has 0 unspecified atom stereocenters. The molecule has 0 aromatic carbocycles. The van der Waals surface area contributed by atoms with E-state index in [1.165, 1.54) is 0 Å². The van der Waals surface area contributed by atoms with Gasteiger partial charge in [0.1, 0.15) is 0 Å². The van der Waals surface area contributed by atoms with Crippen LogP contribution in [0.15, 0.2) is 13.2 Å². The zero-order valence-electron chi connectivity index (χ0n) is 33.9. The van der Waals surface area contributed by atoms with E-state index >= 15 is 4.79 Å². The third-order valence-electron chi connectivity index (χ3n) is 11.1. The summed E-state index contributed by atoms with van der Waals surface area (Å²) < 4.78 is 0. The summed E-state index contributed by atoms with van der Waals surface area (Å²) in [6.45, 7) is 15.4. The van der Waals surface area contributed by atoms with E-state index in [0.29, 0.717) is 66.4 Å². The van der Waals surface area contributed by atoms with Crippen LogP contribution >= 0.6 is 0 Å². The van der Waals surface area contributed by atoms with Crippen LogP contribution in [-0.4, -0.2) is 88.0 Å². The predicted molar refractivity (Wildman–Crippen MR) is 225 cm³/mol. The average Bonchev–Trinajstić information content (AvgIpc) is 3.86. The van der Waals surface area contributed by atoms with Crippen LogP contribution in [0.1, 0.15) is 106 Å². The fourth-order valence-electron chi connectivity index (χ4n) is 7.69. The molecular weight excluding hydrogens is 773 g/mol. The Balaban J connectivity index is 1.92. The van der Waals surface area contributed by atoms with Crippen molar-refractivity contribution in [3.05, 3.63) is 102 Å². The lowest BCUT2D eigenvalue weighted by Crippen LogP contribution is -2.49. The summed E-state index contributed by atoms with van der Waals surface area (Å²) in [5.41, 5.74) is 13.6. The number of H-pyrrole nitrogens is 4. The van der Waals surface area contributed by atoms with Crippen molar-refractivity contribution < 1.29 is 49.2 Å². The van der Waals surface area contributed by atoms with E-state index in [4.69, 9.17) is 10.8 Å². The van der Waals surface area contributed by atoms with Gasteiger partial charge in [-0.1, -0.05) is 25.3 Å². The third-order valence-corrected chi connectivity index (χ3v) is 11.1. The maximum absolute atomic E-state index is 15.2. The lowest BCUT2D eigenvalue weighted by Gasteiger charge is -2.21. The van der Waals surface area contributed by atoms with Crippen molar-refractivity contribution >= 4 is 71.5 Å². The Morgan fingerprint density at radius 1 is 0.633 bits per heavy atom. The molecule has 16 nitrogen and oxygen atoms in total. The first-order chi connectivity index (χ1) is 28.4. The fraction of sp³-hybridized carbons (Fsp3) is 0.318. The van der Waals surface area contributed by atoms with Crippen LogP contribution < -0.4 is 32.4 Å². The number of aromatic amines is 4. The molecule has 4 aromatic heterocycles. The molecule has 1 aliphatic heterocycles. The first kappa shape index (κ1) is 44.2. The van der Waals surface area contributed by atoms with Gasteiger partial charge in [0.2, 0.25) is 5.91 Å². The van der Waals surface area contributed by atoms with Crippen molar-refractivity contribution in [3.63, 3.8) is 0 Å². The van der Waals surface area contributed by atoms with Gasteiger partial charge in [-0.05, 0) is 105 Å². The summed E-state index contributed by atoms with van der Waals surface area (Å²) in [6, 6.07) is -2.73. The summed E-state index contributed by atoms with van der Waals surface area (Å²) in [7, 11) is 0. The van der Waals surface area contributed by atoms with Gasteiger partial charge in [-0.25, -0.2) is 0 Å². The van der Waals surface area contributed by atoms with Gasteiger partial charge < -0.3 is 51.4 Å². The Hall–Kier alpha value is -6.94. The van der Waals surface area contributed by atoms with Crippen LogP contribution in [0, 0.1) is 27.7 Å². The number of hydrogen-bond acceptors (Lipinski definition) is 7. The van der Waals surface area contributed by atoms with Crippen LogP contribution in [0.4, 0.5) is 0 Å². The molecule has 1 aliphatic rings. The number of nitrogens with two attached hydrogens (primary N) is 1. The number of ketones is 1. The second-order valence-electron chi connectivity index (χ2n) is 14.9. The quantitative estimate of drug-likeness (QED) is 0.0689. The Labute approximate surface area is 344 Å². The van der Waals surface area contributed by atoms with E-state index in [9.17, 15) is 39.3 Å². The number of fused-ring (bicyclic) bond motifs is 8. The first-order valence-electron chi connectivity index (χ1n) is 19.4. The molecule has 0 saturated heterocycles. The number of nitrogens with one attached hydrogen (secondary N) is 5. The number of carboxylic acids is 4. The molecule has 5 rings (SSSR count). The van der Waals surface area contributed by atoms with E-state index in [0.717, 1.165) is 22.3 Å². The monoisotopic (exact) mass is 822 g/mol. The molecule has 16 heteroatoms. The fourth-order valence-corrected chi connectivity index (χ4v) is 7.69. The molecule has 0 spiro atoms. The highest BCUT2D eigenvalue weighted by atomic mass is 16.4. The van der Waals surface area contributed by atoms with Gasteiger partial charge in [0.25, 0.3) is 0 Å². The second kappa shape index (κ2) is 18.3. The number of carbonyl (C=O) groups is 6. The minimum atomic E-state index is -1.42. The molecule has 4 aromatic rings. The number of carboxylic acid groups (broad SMARTS) is 4. The van der Waals surface area contributed by atoms with Crippen molar-refractivity contribution in [3.8, 4) is 0 Å². The third kappa shape index (κ3) is 9.34. The van der Waals surface area contributed by atoms with E-state index in [1.54, 1.807) is 19.1 Å². The minimum Gasteiger partial charge on any atom is -0.481 e. The van der Waals surface area contributed by atoms with Gasteiger partial charge in [-0.15, -0.1) is 0 Å². The Kier molecular flexibility index (Phi) is 13.5. The van der Waals surface area contributed by atoms with E-state index in [-0.39, 0.29) is 44.1 Å². The Morgan fingerprint density at radius 3 is 1.78 bits per heavy atom. The number of Topliss-reactive ketones (excluding diaryl/α,β-unsaturated/α-hetero) is 1. The summed E-state index contributed by atoms with van der Waals surface area (Å²) in [6.07, 6.45) is 7.32. The predicted octanol–water partition coefficient (Wildman–Crippen LogP) is 1.66. The number of aliphatic carboxylic acids is 4. The summed E-state index contributed by atoms with van der Waals surface area (Å²) in [4.78, 5) is 88.9. The van der Waals surface area contributed by atoms with Gasteiger partial charge in [0.05, 0.1) is 28.7 Å². The van der Waals surface area contributed by atoms with Crippen molar-refractivity contribution in [2.24, 2.45) is 5.73 Å². The molecule has 0 aliphatic carbocycles. The molecule has 60 heavy (non-hydrogen) atoms. The maximum Gasteiger partial charge on any atom is 0.303 e. The molecule has 8 bridgehead atoms. The van der Waals surface area contributed by atoms with Gasteiger partial charge in [-0.3, -0.25) is 28.8 Å². The number of amides is 1. The Bertz CT molecular complexity index is 2700. The van der Waals surface area contributed by atoms with Crippen molar-refractivity contribution in [1.82, 2.24) is 25.3 Å². The molecule has 1 amide bonds. The van der Waals surface area contributed by atoms with Gasteiger partial charge in [-0.2, -0.15) is 0 Å². The second-order valence-corrected chi connectivity index (χ2v) is 14.9. The lowest BCUT2D eigenvalue weighted by molar-refractivity contribution is -0.139. The van der Waals surface area contributed by atoms with Crippen LogP contribution in [-0.2, 0) is 41.6 Å². The number of aromatic nitrogens is 4. The van der Waals surface area contributed by atoms with E-state index < -0.39 is 60.5 Å². The van der Waals surface area contributed by atoms with Gasteiger partial charge in [0.15, 0.2) is 5.78 Å². The molecule has 0 fully saturated rings. The van der Waals surface area contributed by atoms with Crippen molar-refractivity contribution in [1.29, 1.82) is 0 Å².